The summed E-state index contributed by atoms with van der Waals surface area (Å²) in [6.45, 7) is 0.316. The number of aromatic nitrogens is 4. The van der Waals surface area contributed by atoms with Crippen LogP contribution in [0.3, 0.4) is 0 Å². The smallest absolute Gasteiger partial charge is 0.300 e. The SMILES string of the molecule is COc1ccccc1-n1ccn2c(SCC(=O)NCc3ccco3)nnc2c1=O. The maximum absolute atomic E-state index is 12.9. The van der Waals surface area contributed by atoms with Crippen molar-refractivity contribution in [2.24, 2.45) is 0 Å². The molecular weight excluding hydrogens is 394 g/mol. The Kier molecular flexibility index (Phi) is 5.34. The Morgan fingerprint density at radius 2 is 2.07 bits per heavy atom. The molecule has 4 rings (SSSR count). The molecule has 0 bridgehead atoms. The number of nitrogens with zero attached hydrogens (tertiary/aromatic N) is 4. The average molecular weight is 411 g/mol. The van der Waals surface area contributed by atoms with E-state index in [4.69, 9.17) is 9.15 Å². The van der Waals surface area contributed by atoms with Gasteiger partial charge in [0.05, 0.1) is 31.4 Å². The van der Waals surface area contributed by atoms with Crippen LogP contribution in [0.2, 0.25) is 0 Å². The number of furan rings is 1. The maximum atomic E-state index is 12.9. The Labute approximate surface area is 169 Å². The number of amides is 1. The quantitative estimate of drug-likeness (QED) is 0.463. The van der Waals surface area contributed by atoms with Crippen molar-refractivity contribution in [2.45, 2.75) is 11.7 Å². The van der Waals surface area contributed by atoms with Gasteiger partial charge in [-0.2, -0.15) is 0 Å². The van der Waals surface area contributed by atoms with Crippen molar-refractivity contribution in [3.8, 4) is 11.4 Å². The van der Waals surface area contributed by atoms with Crippen molar-refractivity contribution in [3.63, 3.8) is 0 Å². The molecule has 1 aromatic carbocycles. The van der Waals surface area contributed by atoms with Gasteiger partial charge in [-0.05, 0) is 24.3 Å². The lowest BCUT2D eigenvalue weighted by Gasteiger charge is -2.10. The molecule has 0 aliphatic rings. The first-order valence-electron chi connectivity index (χ1n) is 8.69. The summed E-state index contributed by atoms with van der Waals surface area (Å²) in [7, 11) is 1.55. The molecule has 0 unspecified atom stereocenters. The van der Waals surface area contributed by atoms with Crippen LogP contribution in [0.25, 0.3) is 11.3 Å². The first kappa shape index (κ1) is 18.8. The van der Waals surface area contributed by atoms with Crippen LogP contribution >= 0.6 is 11.8 Å². The molecule has 0 aliphatic carbocycles. The van der Waals surface area contributed by atoms with E-state index in [0.29, 0.717) is 28.9 Å². The average Bonchev–Trinajstić information content (AvgIpc) is 3.41. The number of carbonyl (C=O) groups excluding carboxylic acids is 1. The highest BCUT2D eigenvalue weighted by Gasteiger charge is 2.15. The van der Waals surface area contributed by atoms with Crippen molar-refractivity contribution < 1.29 is 13.9 Å². The molecule has 0 radical (unpaired) electrons. The van der Waals surface area contributed by atoms with Gasteiger partial charge in [0.25, 0.3) is 0 Å². The van der Waals surface area contributed by atoms with E-state index < -0.39 is 0 Å². The molecule has 4 aromatic rings. The van der Waals surface area contributed by atoms with Gasteiger partial charge in [0.2, 0.25) is 11.6 Å². The summed E-state index contributed by atoms with van der Waals surface area (Å²) in [5.74, 6) is 1.21. The third-order valence-electron chi connectivity index (χ3n) is 4.16. The minimum absolute atomic E-state index is 0.136. The minimum Gasteiger partial charge on any atom is -0.495 e. The van der Waals surface area contributed by atoms with Gasteiger partial charge in [-0.15, -0.1) is 10.2 Å². The van der Waals surface area contributed by atoms with Crippen molar-refractivity contribution in [1.29, 1.82) is 0 Å². The molecule has 29 heavy (non-hydrogen) atoms. The molecule has 0 saturated heterocycles. The Morgan fingerprint density at radius 3 is 2.86 bits per heavy atom. The van der Waals surface area contributed by atoms with Crippen LogP contribution in [0.1, 0.15) is 5.76 Å². The summed E-state index contributed by atoms with van der Waals surface area (Å²) in [6.07, 6.45) is 4.86. The number of carbonyl (C=O) groups is 1. The number of ether oxygens (including phenoxy) is 1. The fourth-order valence-electron chi connectivity index (χ4n) is 2.76. The number of thioether (sulfide) groups is 1. The number of para-hydroxylation sites is 2. The van der Waals surface area contributed by atoms with Crippen LogP contribution in [-0.4, -0.2) is 37.9 Å². The van der Waals surface area contributed by atoms with Gasteiger partial charge in [0, 0.05) is 12.4 Å². The van der Waals surface area contributed by atoms with Gasteiger partial charge in [0.15, 0.2) is 5.16 Å². The van der Waals surface area contributed by atoms with Crippen LogP contribution in [0, 0.1) is 0 Å². The van der Waals surface area contributed by atoms with E-state index in [9.17, 15) is 9.59 Å². The number of hydrogen-bond donors (Lipinski definition) is 1. The first-order valence-corrected chi connectivity index (χ1v) is 9.67. The Hall–Kier alpha value is -3.53. The number of benzene rings is 1. The zero-order valence-corrected chi connectivity index (χ0v) is 16.3. The van der Waals surface area contributed by atoms with Gasteiger partial charge in [-0.1, -0.05) is 23.9 Å². The zero-order chi connectivity index (χ0) is 20.2. The standard InChI is InChI=1S/C19H17N5O4S/c1-27-15-7-3-2-6-14(15)23-8-9-24-17(18(23)26)21-22-19(24)29-12-16(25)20-11-13-5-4-10-28-13/h2-10H,11-12H2,1H3,(H,20,25). The first-order chi connectivity index (χ1) is 14.2. The molecule has 10 heteroatoms. The Morgan fingerprint density at radius 1 is 1.21 bits per heavy atom. The molecule has 0 fully saturated rings. The van der Waals surface area contributed by atoms with E-state index in [1.54, 1.807) is 54.4 Å². The Bertz CT molecular complexity index is 1200. The lowest BCUT2D eigenvalue weighted by Crippen LogP contribution is -2.24. The second kappa shape index (κ2) is 8.23. The molecule has 1 amide bonds. The molecule has 0 spiro atoms. The monoisotopic (exact) mass is 411 g/mol. The summed E-state index contributed by atoms with van der Waals surface area (Å²) in [5.41, 5.74) is 0.438. The third-order valence-corrected chi connectivity index (χ3v) is 5.10. The fourth-order valence-corrected chi connectivity index (χ4v) is 3.51. The summed E-state index contributed by atoms with van der Waals surface area (Å²) in [5, 5.41) is 11.3. The predicted molar refractivity (Wildman–Crippen MR) is 106 cm³/mol. The summed E-state index contributed by atoms with van der Waals surface area (Å²) < 4.78 is 13.5. The molecule has 9 nitrogen and oxygen atoms in total. The highest BCUT2D eigenvalue weighted by molar-refractivity contribution is 7.99. The van der Waals surface area contributed by atoms with Gasteiger partial charge in [-0.25, -0.2) is 0 Å². The van der Waals surface area contributed by atoms with E-state index in [1.807, 2.05) is 12.1 Å². The lowest BCUT2D eigenvalue weighted by atomic mass is 10.3. The van der Waals surface area contributed by atoms with Crippen LogP contribution in [0.4, 0.5) is 0 Å². The third kappa shape index (κ3) is 3.87. The second-order valence-electron chi connectivity index (χ2n) is 5.97. The maximum Gasteiger partial charge on any atom is 0.300 e. The van der Waals surface area contributed by atoms with E-state index in [0.717, 1.165) is 0 Å². The van der Waals surface area contributed by atoms with Crippen LogP contribution in [0.5, 0.6) is 5.75 Å². The molecule has 0 atom stereocenters. The molecular formula is C19H17N5O4S. The molecule has 3 heterocycles. The topological polar surface area (TPSA) is 104 Å². The number of hydrogen-bond acceptors (Lipinski definition) is 7. The predicted octanol–water partition coefficient (Wildman–Crippen LogP) is 1.89. The highest BCUT2D eigenvalue weighted by Crippen LogP contribution is 2.21. The van der Waals surface area contributed by atoms with E-state index in [-0.39, 0.29) is 22.9 Å². The van der Waals surface area contributed by atoms with Crippen molar-refractivity contribution in [3.05, 3.63) is 71.2 Å². The van der Waals surface area contributed by atoms with Crippen molar-refractivity contribution >= 4 is 23.3 Å². The number of fused-ring (bicyclic) bond motifs is 1. The molecule has 0 saturated carbocycles. The molecule has 148 valence electrons. The van der Waals surface area contributed by atoms with Crippen LogP contribution < -0.4 is 15.6 Å². The van der Waals surface area contributed by atoms with Gasteiger partial charge >= 0.3 is 5.56 Å². The summed E-state index contributed by atoms with van der Waals surface area (Å²) in [6, 6.07) is 10.8. The van der Waals surface area contributed by atoms with E-state index >= 15 is 0 Å². The molecule has 0 aliphatic heterocycles. The molecule has 1 N–H and O–H groups in total. The summed E-state index contributed by atoms with van der Waals surface area (Å²) in [4.78, 5) is 24.9. The van der Waals surface area contributed by atoms with E-state index in [2.05, 4.69) is 15.5 Å². The van der Waals surface area contributed by atoms with Crippen molar-refractivity contribution in [2.75, 3.05) is 12.9 Å². The highest BCUT2D eigenvalue weighted by atomic mass is 32.2. The van der Waals surface area contributed by atoms with Gasteiger partial charge < -0.3 is 14.5 Å². The summed E-state index contributed by atoms with van der Waals surface area (Å²) >= 11 is 1.19. The normalized spacial score (nSPS) is 10.9. The number of rotatable bonds is 7. The Balaban J connectivity index is 1.51. The van der Waals surface area contributed by atoms with Gasteiger partial charge in [-0.3, -0.25) is 18.6 Å². The number of nitrogens with one attached hydrogen (secondary N) is 1. The van der Waals surface area contributed by atoms with Crippen molar-refractivity contribution in [1.82, 2.24) is 24.5 Å². The lowest BCUT2D eigenvalue weighted by molar-refractivity contribution is -0.118. The van der Waals surface area contributed by atoms with Gasteiger partial charge in [0.1, 0.15) is 11.5 Å². The molecule has 3 aromatic heterocycles. The largest absolute Gasteiger partial charge is 0.495 e. The van der Waals surface area contributed by atoms with Crippen LogP contribution in [0.15, 0.2) is 69.4 Å². The van der Waals surface area contributed by atoms with E-state index in [1.165, 1.54) is 16.3 Å². The van der Waals surface area contributed by atoms with Crippen LogP contribution in [-0.2, 0) is 11.3 Å². The second-order valence-corrected chi connectivity index (χ2v) is 6.91. The minimum atomic E-state index is -0.335. The fraction of sp³-hybridized carbons (Fsp3) is 0.158. The zero-order valence-electron chi connectivity index (χ0n) is 15.4. The number of methoxy groups -OCH3 is 1.